The molecule has 0 bridgehead atoms. The van der Waals surface area contributed by atoms with Crippen molar-refractivity contribution >= 4 is 16.5 Å². The fourth-order valence-corrected chi connectivity index (χ4v) is 2.97. The predicted molar refractivity (Wildman–Crippen MR) is 76.4 cm³/mol. The summed E-state index contributed by atoms with van der Waals surface area (Å²) in [5.74, 6) is 0. The molecule has 102 valence electrons. The molecule has 0 spiro atoms. The molecule has 0 aromatic carbocycles. The lowest BCUT2D eigenvalue weighted by Gasteiger charge is -2.32. The molecule has 1 saturated heterocycles. The van der Waals surface area contributed by atoms with Crippen molar-refractivity contribution in [3.05, 3.63) is 11.1 Å². The van der Waals surface area contributed by atoms with Crippen molar-refractivity contribution in [2.24, 2.45) is 0 Å². The number of nitrogens with one attached hydrogen (secondary N) is 1. The molecule has 1 aliphatic heterocycles. The quantitative estimate of drug-likeness (QED) is 0.804. The van der Waals surface area contributed by atoms with Gasteiger partial charge in [0.05, 0.1) is 12.7 Å². The van der Waals surface area contributed by atoms with Crippen molar-refractivity contribution in [2.45, 2.75) is 39.3 Å². The van der Waals surface area contributed by atoms with Gasteiger partial charge in [-0.1, -0.05) is 13.8 Å². The highest BCUT2D eigenvalue weighted by atomic mass is 32.1. The summed E-state index contributed by atoms with van der Waals surface area (Å²) < 4.78 is 5.69. The van der Waals surface area contributed by atoms with Gasteiger partial charge in [0.2, 0.25) is 0 Å². The summed E-state index contributed by atoms with van der Waals surface area (Å²) in [6.45, 7) is 9.13. The van der Waals surface area contributed by atoms with E-state index in [0.717, 1.165) is 44.3 Å². The second-order valence-corrected chi connectivity index (χ2v) is 5.73. The highest BCUT2D eigenvalue weighted by Gasteiger charge is 2.21. The van der Waals surface area contributed by atoms with Gasteiger partial charge >= 0.3 is 0 Å². The van der Waals surface area contributed by atoms with Crippen molar-refractivity contribution in [2.75, 3.05) is 31.1 Å². The maximum Gasteiger partial charge on any atom is 0.185 e. The molecule has 1 fully saturated rings. The maximum atomic E-state index is 5.69. The molecule has 2 heterocycles. The average molecular weight is 269 g/mol. The zero-order valence-corrected chi connectivity index (χ0v) is 12.1. The first-order chi connectivity index (χ1) is 8.83. The Balaban J connectivity index is 1.88. The van der Waals surface area contributed by atoms with Gasteiger partial charge in [-0.25, -0.2) is 4.98 Å². The number of morpholine rings is 1. The standard InChI is InChI=1S/C13H23N3OS/c1-3-5-14-8-12-9-15-13(18-12)16-6-7-17-11(4-2)10-16/h9,11,14H,3-8,10H2,1-2H3. The first kappa shape index (κ1) is 13.8. The van der Waals surface area contributed by atoms with Crippen molar-refractivity contribution in [1.82, 2.24) is 10.3 Å². The van der Waals surface area contributed by atoms with Gasteiger partial charge in [-0.05, 0) is 19.4 Å². The van der Waals surface area contributed by atoms with Crippen LogP contribution in [0.4, 0.5) is 5.13 Å². The lowest BCUT2D eigenvalue weighted by molar-refractivity contribution is 0.0384. The Morgan fingerprint density at radius 1 is 1.56 bits per heavy atom. The first-order valence-electron chi connectivity index (χ1n) is 6.85. The Morgan fingerprint density at radius 2 is 2.44 bits per heavy atom. The zero-order valence-electron chi connectivity index (χ0n) is 11.3. The lowest BCUT2D eigenvalue weighted by atomic mass is 10.2. The smallest absolute Gasteiger partial charge is 0.185 e. The van der Waals surface area contributed by atoms with Gasteiger partial charge in [0.25, 0.3) is 0 Å². The minimum absolute atomic E-state index is 0.365. The van der Waals surface area contributed by atoms with Crippen LogP contribution in [-0.2, 0) is 11.3 Å². The monoisotopic (exact) mass is 269 g/mol. The molecule has 0 aliphatic carbocycles. The molecule has 2 rings (SSSR count). The van der Waals surface area contributed by atoms with Crippen LogP contribution in [0.5, 0.6) is 0 Å². The fraction of sp³-hybridized carbons (Fsp3) is 0.769. The molecule has 0 saturated carbocycles. The normalized spacial score (nSPS) is 20.3. The molecule has 1 unspecified atom stereocenters. The molecule has 0 radical (unpaired) electrons. The van der Waals surface area contributed by atoms with E-state index in [-0.39, 0.29) is 0 Å². The van der Waals surface area contributed by atoms with E-state index < -0.39 is 0 Å². The van der Waals surface area contributed by atoms with Gasteiger partial charge in [0.15, 0.2) is 5.13 Å². The fourth-order valence-electron chi connectivity index (χ4n) is 2.05. The van der Waals surface area contributed by atoms with Crippen LogP contribution in [-0.4, -0.2) is 37.3 Å². The highest BCUT2D eigenvalue weighted by molar-refractivity contribution is 7.15. The van der Waals surface area contributed by atoms with Crippen molar-refractivity contribution in [1.29, 1.82) is 0 Å². The summed E-state index contributed by atoms with van der Waals surface area (Å²) >= 11 is 1.80. The third-order valence-corrected chi connectivity index (χ3v) is 4.19. The van der Waals surface area contributed by atoms with Crippen molar-refractivity contribution < 1.29 is 4.74 Å². The van der Waals surface area contributed by atoms with E-state index >= 15 is 0 Å². The molecular weight excluding hydrogens is 246 g/mol. The summed E-state index contributed by atoms with van der Waals surface area (Å²) in [6, 6.07) is 0. The number of rotatable bonds is 6. The Labute approximate surface area is 113 Å². The highest BCUT2D eigenvalue weighted by Crippen LogP contribution is 2.24. The van der Waals surface area contributed by atoms with Crippen LogP contribution < -0.4 is 10.2 Å². The number of hydrogen-bond acceptors (Lipinski definition) is 5. The number of nitrogens with zero attached hydrogens (tertiary/aromatic N) is 2. The van der Waals surface area contributed by atoms with E-state index in [1.165, 1.54) is 11.3 Å². The third kappa shape index (κ3) is 3.67. The zero-order chi connectivity index (χ0) is 12.8. The van der Waals surface area contributed by atoms with Crippen LogP contribution >= 0.6 is 11.3 Å². The van der Waals surface area contributed by atoms with Crippen LogP contribution in [0.2, 0.25) is 0 Å². The number of thiazole rings is 1. The van der Waals surface area contributed by atoms with Gasteiger partial charge in [-0.3, -0.25) is 0 Å². The number of ether oxygens (including phenoxy) is 1. The predicted octanol–water partition coefficient (Wildman–Crippen LogP) is 2.26. The molecule has 1 N–H and O–H groups in total. The SMILES string of the molecule is CCCNCc1cnc(N2CCOC(CC)C2)s1. The summed E-state index contributed by atoms with van der Waals surface area (Å²) in [4.78, 5) is 8.21. The lowest BCUT2D eigenvalue weighted by Crippen LogP contribution is -2.42. The van der Waals surface area contributed by atoms with Crippen LogP contribution in [0.15, 0.2) is 6.20 Å². The topological polar surface area (TPSA) is 37.4 Å². The van der Waals surface area contributed by atoms with Gasteiger partial charge in [-0.2, -0.15) is 0 Å². The molecule has 1 aromatic heterocycles. The van der Waals surface area contributed by atoms with Crippen molar-refractivity contribution in [3.63, 3.8) is 0 Å². The number of anilines is 1. The van der Waals surface area contributed by atoms with Crippen LogP contribution in [0, 0.1) is 0 Å². The molecule has 4 nitrogen and oxygen atoms in total. The van der Waals surface area contributed by atoms with Gasteiger partial charge in [0, 0.05) is 30.7 Å². The van der Waals surface area contributed by atoms with Crippen LogP contribution in [0.1, 0.15) is 31.6 Å². The number of aromatic nitrogens is 1. The molecule has 0 amide bonds. The van der Waals surface area contributed by atoms with Crippen molar-refractivity contribution in [3.8, 4) is 0 Å². The summed E-state index contributed by atoms with van der Waals surface area (Å²) in [7, 11) is 0. The summed E-state index contributed by atoms with van der Waals surface area (Å²) in [5, 5.41) is 4.56. The summed E-state index contributed by atoms with van der Waals surface area (Å²) in [5.41, 5.74) is 0. The third-order valence-electron chi connectivity index (χ3n) is 3.13. The Bertz CT molecular complexity index is 356. The molecular formula is C13H23N3OS. The first-order valence-corrected chi connectivity index (χ1v) is 7.67. The average Bonchev–Trinajstić information content (AvgIpc) is 2.88. The second-order valence-electron chi connectivity index (χ2n) is 4.63. The minimum Gasteiger partial charge on any atom is -0.375 e. The molecule has 1 aromatic rings. The van der Waals surface area contributed by atoms with Crippen LogP contribution in [0.3, 0.4) is 0 Å². The minimum atomic E-state index is 0.365. The van der Waals surface area contributed by atoms with Gasteiger partial charge in [-0.15, -0.1) is 11.3 Å². The van der Waals surface area contributed by atoms with E-state index in [0.29, 0.717) is 6.10 Å². The summed E-state index contributed by atoms with van der Waals surface area (Å²) in [6.07, 6.45) is 4.61. The molecule has 5 heteroatoms. The van der Waals surface area contributed by atoms with Crippen LogP contribution in [0.25, 0.3) is 0 Å². The van der Waals surface area contributed by atoms with Gasteiger partial charge < -0.3 is 15.0 Å². The molecule has 1 aliphatic rings. The Kier molecular flexibility index (Phi) is 5.41. The van der Waals surface area contributed by atoms with E-state index in [2.05, 4.69) is 29.0 Å². The van der Waals surface area contributed by atoms with E-state index in [9.17, 15) is 0 Å². The van der Waals surface area contributed by atoms with E-state index in [4.69, 9.17) is 4.74 Å². The second kappa shape index (κ2) is 7.07. The molecule has 1 atom stereocenters. The largest absolute Gasteiger partial charge is 0.375 e. The maximum absolute atomic E-state index is 5.69. The van der Waals surface area contributed by atoms with Gasteiger partial charge in [0.1, 0.15) is 0 Å². The Morgan fingerprint density at radius 3 is 3.22 bits per heavy atom. The Hall–Kier alpha value is -0.650. The van der Waals surface area contributed by atoms with E-state index in [1.54, 1.807) is 11.3 Å². The van der Waals surface area contributed by atoms with E-state index in [1.807, 2.05) is 6.20 Å². The number of hydrogen-bond donors (Lipinski definition) is 1. The molecule has 18 heavy (non-hydrogen) atoms.